The van der Waals surface area contributed by atoms with E-state index in [0.29, 0.717) is 0 Å². The lowest BCUT2D eigenvalue weighted by molar-refractivity contribution is -0.146. The Morgan fingerprint density at radius 3 is 2.76 bits per heavy atom. The number of rotatable bonds is 4. The Morgan fingerprint density at radius 1 is 1.33 bits per heavy atom. The van der Waals surface area contributed by atoms with E-state index in [1.807, 2.05) is 18.2 Å². The standard InChI is InChI=1S/C18H27NO2/c1-4-15-9-7-12-18(13-11-15,17(20)21-3)19-16-10-6-5-8-14(16)2/h5-6,8,10,15,19H,4,7,9,11-13H2,1-3H3. The van der Waals surface area contributed by atoms with Crippen LogP contribution in [0, 0.1) is 12.8 Å². The van der Waals surface area contributed by atoms with E-state index in [0.717, 1.165) is 42.9 Å². The molecule has 0 aliphatic heterocycles. The predicted molar refractivity (Wildman–Crippen MR) is 86.4 cm³/mol. The van der Waals surface area contributed by atoms with E-state index in [9.17, 15) is 4.79 Å². The number of carbonyl (C=O) groups is 1. The van der Waals surface area contributed by atoms with Gasteiger partial charge < -0.3 is 10.1 Å². The maximum Gasteiger partial charge on any atom is 0.331 e. The van der Waals surface area contributed by atoms with Gasteiger partial charge in [-0.1, -0.05) is 44.4 Å². The third kappa shape index (κ3) is 3.58. The van der Waals surface area contributed by atoms with Crippen LogP contribution in [-0.4, -0.2) is 18.6 Å². The van der Waals surface area contributed by atoms with Gasteiger partial charge in [0.05, 0.1) is 7.11 Å². The fraction of sp³-hybridized carbons (Fsp3) is 0.611. The molecule has 2 unspecified atom stereocenters. The summed E-state index contributed by atoms with van der Waals surface area (Å²) in [5.41, 5.74) is 1.64. The van der Waals surface area contributed by atoms with Crippen LogP contribution in [0.5, 0.6) is 0 Å². The second-order valence-electron chi connectivity index (χ2n) is 6.22. The van der Waals surface area contributed by atoms with Gasteiger partial charge in [0.1, 0.15) is 5.54 Å². The number of aryl methyl sites for hydroxylation is 1. The Kier molecular flexibility index (Phi) is 5.27. The molecule has 0 radical (unpaired) electrons. The third-order valence-corrected chi connectivity index (χ3v) is 4.87. The summed E-state index contributed by atoms with van der Waals surface area (Å²) in [4.78, 5) is 12.5. The second kappa shape index (κ2) is 6.97. The van der Waals surface area contributed by atoms with Crippen molar-refractivity contribution in [3.63, 3.8) is 0 Å². The molecule has 0 aromatic heterocycles. The fourth-order valence-corrected chi connectivity index (χ4v) is 3.37. The molecule has 1 aliphatic carbocycles. The van der Waals surface area contributed by atoms with Crippen LogP contribution in [0.4, 0.5) is 5.69 Å². The molecule has 1 aromatic carbocycles. The second-order valence-corrected chi connectivity index (χ2v) is 6.22. The van der Waals surface area contributed by atoms with Crippen LogP contribution in [0.2, 0.25) is 0 Å². The summed E-state index contributed by atoms with van der Waals surface area (Å²) in [6.45, 7) is 4.31. The summed E-state index contributed by atoms with van der Waals surface area (Å²) in [6, 6.07) is 8.14. The van der Waals surface area contributed by atoms with Gasteiger partial charge in [0, 0.05) is 5.69 Å². The molecule has 0 bridgehead atoms. The van der Waals surface area contributed by atoms with Gasteiger partial charge in [0.25, 0.3) is 0 Å². The minimum atomic E-state index is -0.565. The van der Waals surface area contributed by atoms with Crippen molar-refractivity contribution in [2.45, 2.75) is 57.9 Å². The Hall–Kier alpha value is -1.51. The van der Waals surface area contributed by atoms with Crippen molar-refractivity contribution in [2.75, 3.05) is 12.4 Å². The number of para-hydroxylation sites is 1. The molecule has 0 heterocycles. The number of nitrogens with one attached hydrogen (secondary N) is 1. The number of methoxy groups -OCH3 is 1. The van der Waals surface area contributed by atoms with E-state index >= 15 is 0 Å². The topological polar surface area (TPSA) is 38.3 Å². The van der Waals surface area contributed by atoms with Crippen LogP contribution in [0.25, 0.3) is 0 Å². The first kappa shape index (κ1) is 15.9. The van der Waals surface area contributed by atoms with Gasteiger partial charge >= 0.3 is 5.97 Å². The molecule has 0 saturated heterocycles. The zero-order valence-electron chi connectivity index (χ0n) is 13.4. The molecule has 0 amide bonds. The largest absolute Gasteiger partial charge is 0.467 e. The van der Waals surface area contributed by atoms with Gasteiger partial charge in [0.15, 0.2) is 0 Å². The van der Waals surface area contributed by atoms with Crippen molar-refractivity contribution in [3.8, 4) is 0 Å². The van der Waals surface area contributed by atoms with Crippen LogP contribution in [0.1, 0.15) is 51.0 Å². The number of hydrogen-bond donors (Lipinski definition) is 1. The summed E-state index contributed by atoms with van der Waals surface area (Å²) in [5, 5.41) is 3.52. The monoisotopic (exact) mass is 289 g/mol. The van der Waals surface area contributed by atoms with Gasteiger partial charge in [-0.15, -0.1) is 0 Å². The van der Waals surface area contributed by atoms with Gasteiger partial charge in [-0.2, -0.15) is 0 Å². The first-order valence-corrected chi connectivity index (χ1v) is 8.03. The highest BCUT2D eigenvalue weighted by atomic mass is 16.5. The molecule has 1 saturated carbocycles. The summed E-state index contributed by atoms with van der Waals surface area (Å²) in [6.07, 6.45) is 6.28. The Labute approximate surface area is 128 Å². The van der Waals surface area contributed by atoms with Gasteiger partial charge in [0.2, 0.25) is 0 Å². The van der Waals surface area contributed by atoms with Crippen LogP contribution in [0.15, 0.2) is 24.3 Å². The average Bonchev–Trinajstić information content (AvgIpc) is 2.72. The lowest BCUT2D eigenvalue weighted by atomic mass is 9.88. The average molecular weight is 289 g/mol. The predicted octanol–water partition coefficient (Wildman–Crippen LogP) is 4.31. The Bertz CT molecular complexity index is 486. The third-order valence-electron chi connectivity index (χ3n) is 4.87. The highest BCUT2D eigenvalue weighted by molar-refractivity contribution is 5.84. The van der Waals surface area contributed by atoms with Crippen LogP contribution in [-0.2, 0) is 9.53 Å². The van der Waals surface area contributed by atoms with Crippen molar-refractivity contribution in [1.29, 1.82) is 0 Å². The molecule has 3 nitrogen and oxygen atoms in total. The number of anilines is 1. The Morgan fingerprint density at radius 2 is 2.10 bits per heavy atom. The van der Waals surface area contributed by atoms with Crippen molar-refractivity contribution in [1.82, 2.24) is 0 Å². The normalized spacial score (nSPS) is 26.0. The number of carbonyl (C=O) groups excluding carboxylic acids is 1. The lowest BCUT2D eigenvalue weighted by Crippen LogP contribution is -2.47. The van der Waals surface area contributed by atoms with Crippen LogP contribution >= 0.6 is 0 Å². The molecule has 3 heteroatoms. The van der Waals surface area contributed by atoms with Crippen molar-refractivity contribution in [3.05, 3.63) is 29.8 Å². The van der Waals surface area contributed by atoms with Crippen molar-refractivity contribution >= 4 is 11.7 Å². The number of hydrogen-bond acceptors (Lipinski definition) is 3. The molecular weight excluding hydrogens is 262 g/mol. The van der Waals surface area contributed by atoms with E-state index in [4.69, 9.17) is 4.74 Å². The van der Waals surface area contributed by atoms with E-state index in [1.54, 1.807) is 0 Å². The van der Waals surface area contributed by atoms with Gasteiger partial charge in [-0.25, -0.2) is 4.79 Å². The molecule has 1 fully saturated rings. The number of benzene rings is 1. The molecule has 0 spiro atoms. The molecule has 21 heavy (non-hydrogen) atoms. The highest BCUT2D eigenvalue weighted by Crippen LogP contribution is 2.36. The number of ether oxygens (including phenoxy) is 1. The molecule has 116 valence electrons. The van der Waals surface area contributed by atoms with E-state index in [1.165, 1.54) is 20.0 Å². The highest BCUT2D eigenvalue weighted by Gasteiger charge is 2.41. The molecular formula is C18H27NO2. The minimum absolute atomic E-state index is 0.123. The zero-order valence-corrected chi connectivity index (χ0v) is 13.4. The summed E-state index contributed by atoms with van der Waals surface area (Å²) < 4.78 is 5.13. The molecule has 1 aliphatic rings. The van der Waals surface area contributed by atoms with Crippen molar-refractivity contribution in [2.24, 2.45) is 5.92 Å². The quantitative estimate of drug-likeness (QED) is 0.663. The lowest BCUT2D eigenvalue weighted by Gasteiger charge is -2.32. The van der Waals surface area contributed by atoms with E-state index in [-0.39, 0.29) is 5.97 Å². The minimum Gasteiger partial charge on any atom is -0.467 e. The summed E-state index contributed by atoms with van der Waals surface area (Å²) in [7, 11) is 1.49. The zero-order chi connectivity index (χ0) is 15.3. The molecule has 2 rings (SSSR count). The fourth-order valence-electron chi connectivity index (χ4n) is 3.37. The van der Waals surface area contributed by atoms with E-state index < -0.39 is 5.54 Å². The maximum atomic E-state index is 12.5. The number of esters is 1. The van der Waals surface area contributed by atoms with E-state index in [2.05, 4.69) is 25.2 Å². The van der Waals surface area contributed by atoms with Crippen molar-refractivity contribution < 1.29 is 9.53 Å². The smallest absolute Gasteiger partial charge is 0.331 e. The maximum absolute atomic E-state index is 12.5. The van der Waals surface area contributed by atoms with Gasteiger partial charge in [-0.05, 0) is 43.7 Å². The first-order valence-electron chi connectivity index (χ1n) is 8.03. The van der Waals surface area contributed by atoms with Crippen LogP contribution in [0.3, 0.4) is 0 Å². The molecule has 2 atom stereocenters. The van der Waals surface area contributed by atoms with Crippen LogP contribution < -0.4 is 5.32 Å². The van der Waals surface area contributed by atoms with Gasteiger partial charge in [-0.3, -0.25) is 0 Å². The SMILES string of the molecule is CCC1CCCC(Nc2ccccc2C)(C(=O)OC)CC1. The summed E-state index contributed by atoms with van der Waals surface area (Å²) >= 11 is 0. The first-order chi connectivity index (χ1) is 10.1. The Balaban J connectivity index is 2.25. The molecule has 1 N–H and O–H groups in total. The molecule has 1 aromatic rings. The summed E-state index contributed by atoms with van der Waals surface area (Å²) in [5.74, 6) is 0.609.